The zero-order valence-electron chi connectivity index (χ0n) is 11.2. The molecule has 1 nitrogen and oxygen atoms in total. The Balaban J connectivity index is 1.36. The lowest BCUT2D eigenvalue weighted by atomic mass is 9.98. The summed E-state index contributed by atoms with van der Waals surface area (Å²) in [5, 5.41) is 0.765. The van der Waals surface area contributed by atoms with Crippen molar-refractivity contribution >= 4 is 40.1 Å². The van der Waals surface area contributed by atoms with Gasteiger partial charge in [-0.15, -0.1) is 12.2 Å². The SMILES string of the molecule is S=P(S)(OC1CC2CCC1C2)SC1CC2CCC1C2. The molecule has 4 saturated carbocycles. The van der Waals surface area contributed by atoms with Crippen LogP contribution in [0.3, 0.4) is 0 Å². The molecule has 7 unspecified atom stereocenters. The van der Waals surface area contributed by atoms with Crippen molar-refractivity contribution in [1.29, 1.82) is 0 Å². The number of thiol groups is 1. The van der Waals surface area contributed by atoms with Gasteiger partial charge in [-0.25, -0.2) is 0 Å². The summed E-state index contributed by atoms with van der Waals surface area (Å²) < 4.78 is 4.45. The fraction of sp³-hybridized carbons (Fsp3) is 1.00. The Bertz CT molecular complexity index is 381. The highest BCUT2D eigenvalue weighted by atomic mass is 33.2. The first-order chi connectivity index (χ1) is 9.09. The maximum Gasteiger partial charge on any atom is 0.172 e. The molecule has 5 heteroatoms. The molecule has 0 saturated heterocycles. The standard InChI is InChI=1S/C14H23OPS3/c17-16(18,15-13-7-9-1-3-11(13)5-9)19-14-8-10-2-4-12(14)6-10/h9-14H,1-8H2,(H,17,18). The number of hydrogen-bond acceptors (Lipinski definition) is 3. The Morgan fingerprint density at radius 2 is 1.63 bits per heavy atom. The van der Waals surface area contributed by atoms with Gasteiger partial charge < -0.3 is 4.52 Å². The van der Waals surface area contributed by atoms with Gasteiger partial charge in [0, 0.05) is 5.25 Å². The maximum absolute atomic E-state index is 6.36. The molecule has 4 aliphatic rings. The fourth-order valence-corrected chi connectivity index (χ4v) is 11.8. The molecule has 0 heterocycles. The van der Waals surface area contributed by atoms with Gasteiger partial charge in [-0.2, -0.15) is 0 Å². The monoisotopic (exact) mass is 334 g/mol. The van der Waals surface area contributed by atoms with E-state index in [1.54, 1.807) is 0 Å². The highest BCUT2D eigenvalue weighted by Gasteiger charge is 2.45. The van der Waals surface area contributed by atoms with E-state index in [-0.39, 0.29) is 0 Å². The molecule has 0 aromatic heterocycles. The fourth-order valence-electron chi connectivity index (χ4n) is 5.00. The van der Waals surface area contributed by atoms with Crippen LogP contribution in [-0.2, 0) is 16.3 Å². The molecule has 19 heavy (non-hydrogen) atoms. The van der Waals surface area contributed by atoms with Crippen LogP contribution in [0.1, 0.15) is 51.4 Å². The van der Waals surface area contributed by atoms with Crippen LogP contribution in [0.2, 0.25) is 0 Å². The van der Waals surface area contributed by atoms with Crippen LogP contribution in [0.5, 0.6) is 0 Å². The molecule has 7 atom stereocenters. The molecule has 0 aromatic rings. The van der Waals surface area contributed by atoms with Gasteiger partial charge in [0.15, 0.2) is 4.67 Å². The van der Waals surface area contributed by atoms with Crippen LogP contribution in [-0.4, -0.2) is 11.4 Å². The normalized spacial score (nSPS) is 50.8. The van der Waals surface area contributed by atoms with Crippen molar-refractivity contribution in [1.82, 2.24) is 0 Å². The molecule has 0 aromatic carbocycles. The van der Waals surface area contributed by atoms with E-state index in [0.717, 1.165) is 28.9 Å². The topological polar surface area (TPSA) is 9.23 Å². The average Bonchev–Trinajstić information content (AvgIpc) is 3.06. The number of hydrogen-bond donors (Lipinski definition) is 1. The molecule has 108 valence electrons. The summed E-state index contributed by atoms with van der Waals surface area (Å²) in [6.45, 7) is 0. The van der Waals surface area contributed by atoms with Gasteiger partial charge in [0.1, 0.15) is 0 Å². The predicted molar refractivity (Wildman–Crippen MR) is 90.4 cm³/mol. The van der Waals surface area contributed by atoms with Crippen molar-refractivity contribution in [2.45, 2.75) is 62.7 Å². The van der Waals surface area contributed by atoms with Gasteiger partial charge in [-0.3, -0.25) is 0 Å². The summed E-state index contributed by atoms with van der Waals surface area (Å²) in [6, 6.07) is 0. The largest absolute Gasteiger partial charge is 0.330 e. The van der Waals surface area contributed by atoms with Crippen LogP contribution in [0, 0.1) is 23.7 Å². The first-order valence-electron chi connectivity index (χ1n) is 7.78. The lowest BCUT2D eigenvalue weighted by molar-refractivity contribution is 0.162. The van der Waals surface area contributed by atoms with E-state index >= 15 is 0 Å². The molecule has 4 aliphatic carbocycles. The molecule has 0 N–H and O–H groups in total. The minimum atomic E-state index is -1.91. The van der Waals surface area contributed by atoms with Gasteiger partial charge in [0.2, 0.25) is 0 Å². The minimum absolute atomic E-state index is 0.452. The second kappa shape index (κ2) is 5.19. The maximum atomic E-state index is 6.36. The van der Waals surface area contributed by atoms with E-state index in [1.165, 1.54) is 51.4 Å². The molecule has 0 radical (unpaired) electrons. The van der Waals surface area contributed by atoms with Crippen molar-refractivity contribution in [2.24, 2.45) is 23.7 Å². The van der Waals surface area contributed by atoms with Crippen molar-refractivity contribution in [3.8, 4) is 0 Å². The highest BCUT2D eigenvalue weighted by Crippen LogP contribution is 2.71. The summed E-state index contributed by atoms with van der Waals surface area (Å²) in [6.07, 6.45) is 11.6. The Morgan fingerprint density at radius 3 is 2.16 bits per heavy atom. The summed E-state index contributed by atoms with van der Waals surface area (Å²) >= 11 is 12.5. The van der Waals surface area contributed by atoms with Crippen molar-refractivity contribution in [3.63, 3.8) is 0 Å². The Kier molecular flexibility index (Phi) is 3.81. The van der Waals surface area contributed by atoms with Crippen molar-refractivity contribution in [3.05, 3.63) is 0 Å². The summed E-state index contributed by atoms with van der Waals surface area (Å²) in [5.41, 5.74) is 0. The van der Waals surface area contributed by atoms with E-state index in [1.807, 2.05) is 11.4 Å². The third kappa shape index (κ3) is 2.82. The lowest BCUT2D eigenvalue weighted by Gasteiger charge is -2.30. The van der Waals surface area contributed by atoms with E-state index < -0.39 is 4.67 Å². The van der Waals surface area contributed by atoms with Crippen LogP contribution in [0.25, 0.3) is 0 Å². The zero-order valence-corrected chi connectivity index (χ0v) is 14.7. The molecule has 0 spiro atoms. The zero-order chi connectivity index (χ0) is 13.0. The van der Waals surface area contributed by atoms with Crippen LogP contribution in [0.4, 0.5) is 0 Å². The van der Waals surface area contributed by atoms with E-state index in [4.69, 9.17) is 28.6 Å². The molecule has 4 rings (SSSR count). The highest BCUT2D eigenvalue weighted by molar-refractivity contribution is 8.95. The first-order valence-corrected chi connectivity index (χ1v) is 13.1. The van der Waals surface area contributed by atoms with Gasteiger partial charge in [0.05, 0.1) is 6.10 Å². The van der Waals surface area contributed by atoms with Crippen LogP contribution in [0.15, 0.2) is 0 Å². The van der Waals surface area contributed by atoms with Crippen molar-refractivity contribution < 1.29 is 4.52 Å². The number of fused-ring (bicyclic) bond motifs is 4. The van der Waals surface area contributed by atoms with Gasteiger partial charge in [-0.05, 0) is 80.4 Å². The smallest absolute Gasteiger partial charge is 0.172 e. The molecular formula is C14H23OPS3. The lowest BCUT2D eigenvalue weighted by Crippen LogP contribution is -2.19. The third-order valence-corrected chi connectivity index (χ3v) is 11.6. The first kappa shape index (κ1) is 13.9. The predicted octanol–water partition coefficient (Wildman–Crippen LogP) is 5.27. The molecule has 4 bridgehead atoms. The molecule has 0 aliphatic heterocycles. The van der Waals surface area contributed by atoms with E-state index in [2.05, 4.69) is 0 Å². The van der Waals surface area contributed by atoms with E-state index in [9.17, 15) is 0 Å². The Labute approximate surface area is 131 Å². The molecule has 0 amide bonds. The van der Waals surface area contributed by atoms with Gasteiger partial charge >= 0.3 is 0 Å². The number of rotatable bonds is 4. The molecular weight excluding hydrogens is 311 g/mol. The minimum Gasteiger partial charge on any atom is -0.330 e. The van der Waals surface area contributed by atoms with Crippen LogP contribution >= 0.6 is 28.3 Å². The van der Waals surface area contributed by atoms with Gasteiger partial charge in [0.25, 0.3) is 0 Å². The van der Waals surface area contributed by atoms with Gasteiger partial charge in [-0.1, -0.05) is 17.8 Å². The third-order valence-electron chi connectivity index (χ3n) is 5.88. The Morgan fingerprint density at radius 1 is 0.947 bits per heavy atom. The van der Waals surface area contributed by atoms with Crippen molar-refractivity contribution in [2.75, 3.05) is 0 Å². The second-order valence-corrected chi connectivity index (χ2v) is 16.8. The average molecular weight is 335 g/mol. The summed E-state index contributed by atoms with van der Waals surface area (Å²) in [7, 11) is 0. The van der Waals surface area contributed by atoms with E-state index in [0.29, 0.717) is 6.10 Å². The second-order valence-electron chi connectivity index (χ2n) is 7.11. The summed E-state index contributed by atoms with van der Waals surface area (Å²) in [5.74, 6) is 3.66. The summed E-state index contributed by atoms with van der Waals surface area (Å²) in [4.78, 5) is 0. The van der Waals surface area contributed by atoms with Crippen LogP contribution < -0.4 is 0 Å². The Hall–Kier alpha value is 1.31. The quantitative estimate of drug-likeness (QED) is 0.554. The molecule has 4 fully saturated rings.